The molecule has 1 N–H and O–H groups in total. The first-order valence-corrected chi connectivity index (χ1v) is 5.54. The van der Waals surface area contributed by atoms with Crippen molar-refractivity contribution in [1.29, 1.82) is 0 Å². The molecule has 1 atom stereocenters. The average Bonchev–Trinajstić information content (AvgIpc) is 2.27. The monoisotopic (exact) mass is 219 g/mol. The van der Waals surface area contributed by atoms with Crippen molar-refractivity contribution < 1.29 is 0 Å². The Labute approximate surface area is 98.2 Å². The van der Waals surface area contributed by atoms with Crippen molar-refractivity contribution in [3.05, 3.63) is 36.0 Å². The molecule has 0 spiro atoms. The average molecular weight is 219 g/mol. The van der Waals surface area contributed by atoms with Crippen LogP contribution in [0.1, 0.15) is 25.5 Å². The summed E-state index contributed by atoms with van der Waals surface area (Å²) in [5, 5.41) is 3.24. The second-order valence-corrected chi connectivity index (χ2v) is 4.24. The number of hydrogen-bond donors (Lipinski definition) is 1. The third-order valence-corrected chi connectivity index (χ3v) is 2.59. The molecule has 0 aliphatic rings. The molecular formula is C13H21N3. The number of rotatable bonds is 5. The van der Waals surface area contributed by atoms with Crippen LogP contribution in [0.4, 0.5) is 5.82 Å². The van der Waals surface area contributed by atoms with Gasteiger partial charge in [-0.3, -0.25) is 0 Å². The molecule has 0 aromatic carbocycles. The second-order valence-electron chi connectivity index (χ2n) is 4.24. The van der Waals surface area contributed by atoms with Gasteiger partial charge >= 0.3 is 0 Å². The van der Waals surface area contributed by atoms with E-state index < -0.39 is 0 Å². The highest BCUT2D eigenvalue weighted by Gasteiger charge is 2.12. The van der Waals surface area contributed by atoms with Crippen LogP contribution in [0, 0.1) is 0 Å². The Bertz CT molecular complexity index is 360. The topological polar surface area (TPSA) is 28.2 Å². The Morgan fingerprint density at radius 3 is 2.88 bits per heavy atom. The highest BCUT2D eigenvalue weighted by atomic mass is 15.2. The largest absolute Gasteiger partial charge is 0.355 e. The standard InChI is InChI=1S/C13H21N3/c1-10(2)9-16(5)13-12(11(3)14-4)7-6-8-15-13/h6-8,11,14H,1,9H2,2-5H3. The maximum atomic E-state index is 4.45. The van der Waals surface area contributed by atoms with Crippen LogP contribution in [-0.2, 0) is 0 Å². The molecule has 1 aromatic heterocycles. The molecule has 88 valence electrons. The van der Waals surface area contributed by atoms with Gasteiger partial charge in [-0.15, -0.1) is 0 Å². The molecule has 0 aliphatic heterocycles. The molecule has 0 amide bonds. The SMILES string of the molecule is C=C(C)CN(C)c1ncccc1C(C)NC. The summed E-state index contributed by atoms with van der Waals surface area (Å²) in [5.74, 6) is 1.02. The van der Waals surface area contributed by atoms with Gasteiger partial charge in [0.25, 0.3) is 0 Å². The van der Waals surface area contributed by atoms with Gasteiger partial charge in [-0.25, -0.2) is 4.98 Å². The van der Waals surface area contributed by atoms with Gasteiger partial charge in [0, 0.05) is 31.4 Å². The molecule has 0 saturated carbocycles. The molecule has 3 nitrogen and oxygen atoms in total. The summed E-state index contributed by atoms with van der Waals surface area (Å²) >= 11 is 0. The second kappa shape index (κ2) is 5.66. The number of nitrogens with one attached hydrogen (secondary N) is 1. The summed E-state index contributed by atoms with van der Waals surface area (Å²) in [6, 6.07) is 4.39. The Morgan fingerprint density at radius 2 is 2.31 bits per heavy atom. The van der Waals surface area contributed by atoms with Gasteiger partial charge in [-0.05, 0) is 27.0 Å². The molecule has 0 aliphatic carbocycles. The molecule has 1 unspecified atom stereocenters. The lowest BCUT2D eigenvalue weighted by atomic mass is 10.1. The van der Waals surface area contributed by atoms with Gasteiger partial charge in [-0.2, -0.15) is 0 Å². The van der Waals surface area contributed by atoms with Crippen LogP contribution in [0.3, 0.4) is 0 Å². The fraction of sp³-hybridized carbons (Fsp3) is 0.462. The van der Waals surface area contributed by atoms with E-state index in [4.69, 9.17) is 0 Å². The molecule has 1 heterocycles. The minimum atomic E-state index is 0.302. The van der Waals surface area contributed by atoms with E-state index in [0.717, 1.165) is 17.9 Å². The minimum absolute atomic E-state index is 0.302. The van der Waals surface area contributed by atoms with E-state index in [9.17, 15) is 0 Å². The normalized spacial score (nSPS) is 12.2. The van der Waals surface area contributed by atoms with Gasteiger partial charge in [0.05, 0.1) is 0 Å². The fourth-order valence-corrected chi connectivity index (χ4v) is 1.70. The van der Waals surface area contributed by atoms with E-state index in [0.29, 0.717) is 6.04 Å². The van der Waals surface area contributed by atoms with Crippen molar-refractivity contribution in [3.63, 3.8) is 0 Å². The molecule has 1 aromatic rings. The maximum absolute atomic E-state index is 4.45. The molecule has 16 heavy (non-hydrogen) atoms. The third-order valence-electron chi connectivity index (χ3n) is 2.59. The lowest BCUT2D eigenvalue weighted by molar-refractivity contribution is 0.647. The summed E-state index contributed by atoms with van der Waals surface area (Å²) in [4.78, 5) is 6.58. The highest BCUT2D eigenvalue weighted by Crippen LogP contribution is 2.22. The van der Waals surface area contributed by atoms with E-state index in [-0.39, 0.29) is 0 Å². The van der Waals surface area contributed by atoms with E-state index in [2.05, 4.69) is 34.8 Å². The van der Waals surface area contributed by atoms with Crippen molar-refractivity contribution in [3.8, 4) is 0 Å². The van der Waals surface area contributed by atoms with Crippen molar-refractivity contribution in [2.45, 2.75) is 19.9 Å². The maximum Gasteiger partial charge on any atom is 0.133 e. The number of aromatic nitrogens is 1. The molecular weight excluding hydrogens is 198 g/mol. The Kier molecular flexibility index (Phi) is 4.50. The molecule has 0 bridgehead atoms. The zero-order valence-corrected chi connectivity index (χ0v) is 10.6. The fourth-order valence-electron chi connectivity index (χ4n) is 1.70. The molecule has 0 saturated heterocycles. The van der Waals surface area contributed by atoms with Gasteiger partial charge in [0.2, 0.25) is 0 Å². The number of hydrogen-bond acceptors (Lipinski definition) is 3. The Morgan fingerprint density at radius 1 is 1.62 bits per heavy atom. The minimum Gasteiger partial charge on any atom is -0.355 e. The van der Waals surface area contributed by atoms with E-state index in [1.807, 2.05) is 33.3 Å². The lowest BCUT2D eigenvalue weighted by Gasteiger charge is -2.23. The zero-order valence-electron chi connectivity index (χ0n) is 10.6. The predicted molar refractivity (Wildman–Crippen MR) is 69.8 cm³/mol. The van der Waals surface area contributed by atoms with Crippen LogP contribution in [0.2, 0.25) is 0 Å². The first kappa shape index (κ1) is 12.7. The van der Waals surface area contributed by atoms with E-state index in [1.54, 1.807) is 0 Å². The van der Waals surface area contributed by atoms with Crippen molar-refractivity contribution in [2.75, 3.05) is 25.5 Å². The van der Waals surface area contributed by atoms with Crippen LogP contribution in [0.15, 0.2) is 30.5 Å². The summed E-state index contributed by atoms with van der Waals surface area (Å²) in [6.07, 6.45) is 1.83. The zero-order chi connectivity index (χ0) is 12.1. The van der Waals surface area contributed by atoms with Crippen molar-refractivity contribution in [2.24, 2.45) is 0 Å². The van der Waals surface area contributed by atoms with Gasteiger partial charge in [-0.1, -0.05) is 18.2 Å². The summed E-state index contributed by atoms with van der Waals surface area (Å²) in [7, 11) is 4.00. The number of anilines is 1. The molecule has 0 radical (unpaired) electrons. The third kappa shape index (κ3) is 3.07. The van der Waals surface area contributed by atoms with E-state index >= 15 is 0 Å². The first-order valence-electron chi connectivity index (χ1n) is 5.54. The lowest BCUT2D eigenvalue weighted by Crippen LogP contribution is -2.24. The first-order chi connectivity index (χ1) is 7.56. The Balaban J connectivity index is 2.98. The van der Waals surface area contributed by atoms with Crippen LogP contribution >= 0.6 is 0 Å². The highest BCUT2D eigenvalue weighted by molar-refractivity contribution is 5.48. The van der Waals surface area contributed by atoms with E-state index in [1.165, 1.54) is 5.56 Å². The quantitative estimate of drug-likeness (QED) is 0.771. The van der Waals surface area contributed by atoms with Gasteiger partial charge < -0.3 is 10.2 Å². The number of likely N-dealkylation sites (N-methyl/N-ethyl adjacent to an activating group) is 1. The summed E-state index contributed by atoms with van der Waals surface area (Å²) in [6.45, 7) is 8.93. The smallest absolute Gasteiger partial charge is 0.133 e. The molecule has 1 rings (SSSR count). The van der Waals surface area contributed by atoms with Crippen LogP contribution < -0.4 is 10.2 Å². The van der Waals surface area contributed by atoms with Gasteiger partial charge in [0.15, 0.2) is 0 Å². The summed E-state index contributed by atoms with van der Waals surface area (Å²) in [5.41, 5.74) is 2.35. The number of pyridine rings is 1. The predicted octanol–water partition coefficient (Wildman–Crippen LogP) is 2.37. The summed E-state index contributed by atoms with van der Waals surface area (Å²) < 4.78 is 0. The van der Waals surface area contributed by atoms with Crippen LogP contribution in [0.5, 0.6) is 0 Å². The van der Waals surface area contributed by atoms with Gasteiger partial charge in [0.1, 0.15) is 5.82 Å². The molecule has 0 fully saturated rings. The molecule has 3 heteroatoms. The number of nitrogens with zero attached hydrogens (tertiary/aromatic N) is 2. The van der Waals surface area contributed by atoms with Crippen molar-refractivity contribution in [1.82, 2.24) is 10.3 Å². The van der Waals surface area contributed by atoms with Crippen molar-refractivity contribution >= 4 is 5.82 Å². The van der Waals surface area contributed by atoms with Crippen LogP contribution in [-0.4, -0.2) is 25.6 Å². The van der Waals surface area contributed by atoms with Crippen LogP contribution in [0.25, 0.3) is 0 Å². The Hall–Kier alpha value is -1.35.